The standard InChI is InChI=1S/C11H12N2O/c1-3-8-7-13(2)11(14)10-9(8)5-4-6-12-10/h4-7H,3H2,1-2H3. The minimum Gasteiger partial charge on any atom is -0.316 e. The van der Waals surface area contributed by atoms with Gasteiger partial charge in [-0.15, -0.1) is 0 Å². The van der Waals surface area contributed by atoms with Gasteiger partial charge in [-0.3, -0.25) is 9.78 Å². The lowest BCUT2D eigenvalue weighted by Gasteiger charge is -2.05. The van der Waals surface area contributed by atoms with Gasteiger partial charge in [0.2, 0.25) is 0 Å². The molecule has 0 bridgehead atoms. The fraction of sp³-hybridized carbons (Fsp3) is 0.273. The Balaban J connectivity index is 2.97. The molecule has 0 spiro atoms. The highest BCUT2D eigenvalue weighted by Gasteiger charge is 2.05. The van der Waals surface area contributed by atoms with Gasteiger partial charge in [-0.1, -0.05) is 13.0 Å². The average molecular weight is 188 g/mol. The molecule has 0 unspecified atom stereocenters. The SMILES string of the molecule is CCc1cn(C)c(=O)c2ncccc12. The van der Waals surface area contributed by atoms with Gasteiger partial charge in [0.05, 0.1) is 0 Å². The summed E-state index contributed by atoms with van der Waals surface area (Å²) >= 11 is 0. The molecule has 2 rings (SSSR count). The average Bonchev–Trinajstić information content (AvgIpc) is 2.23. The molecule has 0 fully saturated rings. The summed E-state index contributed by atoms with van der Waals surface area (Å²) in [4.78, 5) is 15.8. The maximum Gasteiger partial charge on any atom is 0.276 e. The van der Waals surface area contributed by atoms with Crippen molar-refractivity contribution in [1.82, 2.24) is 9.55 Å². The van der Waals surface area contributed by atoms with E-state index in [1.54, 1.807) is 17.8 Å². The lowest BCUT2D eigenvalue weighted by Crippen LogP contribution is -2.18. The quantitative estimate of drug-likeness (QED) is 0.679. The zero-order valence-electron chi connectivity index (χ0n) is 8.32. The van der Waals surface area contributed by atoms with Crippen molar-refractivity contribution in [2.45, 2.75) is 13.3 Å². The summed E-state index contributed by atoms with van der Waals surface area (Å²) in [5, 5.41) is 0.970. The fourth-order valence-corrected chi connectivity index (χ4v) is 1.65. The zero-order valence-corrected chi connectivity index (χ0v) is 8.32. The van der Waals surface area contributed by atoms with Crippen LogP contribution in [0.15, 0.2) is 29.3 Å². The second-order valence-corrected chi connectivity index (χ2v) is 3.32. The van der Waals surface area contributed by atoms with Gasteiger partial charge >= 0.3 is 0 Å². The molecule has 2 heterocycles. The Morgan fingerprint density at radius 3 is 3.00 bits per heavy atom. The Morgan fingerprint density at radius 1 is 1.50 bits per heavy atom. The van der Waals surface area contributed by atoms with Crippen molar-refractivity contribution in [2.24, 2.45) is 7.05 Å². The van der Waals surface area contributed by atoms with Crippen LogP contribution in [-0.4, -0.2) is 9.55 Å². The number of rotatable bonds is 1. The van der Waals surface area contributed by atoms with E-state index in [-0.39, 0.29) is 5.56 Å². The number of hydrogen-bond acceptors (Lipinski definition) is 2. The van der Waals surface area contributed by atoms with Crippen LogP contribution in [0.25, 0.3) is 10.9 Å². The van der Waals surface area contributed by atoms with Crippen molar-refractivity contribution in [1.29, 1.82) is 0 Å². The second-order valence-electron chi connectivity index (χ2n) is 3.32. The molecule has 2 aromatic rings. The van der Waals surface area contributed by atoms with Gasteiger partial charge in [0.1, 0.15) is 5.52 Å². The monoisotopic (exact) mass is 188 g/mol. The number of fused-ring (bicyclic) bond motifs is 1. The van der Waals surface area contributed by atoms with Crippen LogP contribution in [-0.2, 0) is 13.5 Å². The lowest BCUT2D eigenvalue weighted by molar-refractivity contribution is 0.853. The van der Waals surface area contributed by atoms with Gasteiger partial charge in [-0.25, -0.2) is 0 Å². The molecule has 0 radical (unpaired) electrons. The summed E-state index contributed by atoms with van der Waals surface area (Å²) in [5.74, 6) is 0. The van der Waals surface area contributed by atoms with E-state index in [2.05, 4.69) is 11.9 Å². The molecule has 2 aromatic heterocycles. The van der Waals surface area contributed by atoms with E-state index in [1.807, 2.05) is 18.3 Å². The molecule has 14 heavy (non-hydrogen) atoms. The van der Waals surface area contributed by atoms with Crippen LogP contribution in [0, 0.1) is 0 Å². The van der Waals surface area contributed by atoms with E-state index in [0.717, 1.165) is 17.4 Å². The van der Waals surface area contributed by atoms with Gasteiger partial charge < -0.3 is 4.57 Å². The van der Waals surface area contributed by atoms with Crippen LogP contribution in [0.1, 0.15) is 12.5 Å². The summed E-state index contributed by atoms with van der Waals surface area (Å²) in [6, 6.07) is 3.81. The molecule has 3 heteroatoms. The third-order valence-corrected chi connectivity index (χ3v) is 2.41. The summed E-state index contributed by atoms with van der Waals surface area (Å²) < 4.78 is 1.59. The smallest absolute Gasteiger partial charge is 0.276 e. The topological polar surface area (TPSA) is 34.9 Å². The van der Waals surface area contributed by atoms with Gasteiger partial charge in [0.25, 0.3) is 5.56 Å². The van der Waals surface area contributed by atoms with Crippen molar-refractivity contribution in [3.05, 3.63) is 40.4 Å². The summed E-state index contributed by atoms with van der Waals surface area (Å²) in [6.45, 7) is 2.08. The number of aromatic nitrogens is 2. The first-order chi connectivity index (χ1) is 6.74. The van der Waals surface area contributed by atoms with E-state index in [4.69, 9.17) is 0 Å². The highest BCUT2D eigenvalue weighted by atomic mass is 16.1. The Bertz CT molecular complexity index is 528. The third-order valence-electron chi connectivity index (χ3n) is 2.41. The highest BCUT2D eigenvalue weighted by molar-refractivity contribution is 5.80. The second kappa shape index (κ2) is 3.25. The van der Waals surface area contributed by atoms with Crippen molar-refractivity contribution in [2.75, 3.05) is 0 Å². The van der Waals surface area contributed by atoms with Gasteiger partial charge in [-0.2, -0.15) is 0 Å². The Kier molecular flexibility index (Phi) is 2.08. The Hall–Kier alpha value is -1.64. The van der Waals surface area contributed by atoms with E-state index in [0.29, 0.717) is 5.52 Å². The summed E-state index contributed by atoms with van der Waals surface area (Å²) in [5.41, 5.74) is 1.70. The van der Waals surface area contributed by atoms with Crippen LogP contribution < -0.4 is 5.56 Å². The third kappa shape index (κ3) is 1.21. The molecule has 0 aliphatic carbocycles. The minimum absolute atomic E-state index is 0.0298. The molecule has 0 saturated heterocycles. The first kappa shape index (κ1) is 8.94. The fourth-order valence-electron chi connectivity index (χ4n) is 1.65. The maximum atomic E-state index is 11.7. The Labute approximate surface area is 82.0 Å². The molecule has 3 nitrogen and oxygen atoms in total. The molecular formula is C11H12N2O. The van der Waals surface area contributed by atoms with E-state index in [9.17, 15) is 4.79 Å². The van der Waals surface area contributed by atoms with E-state index in [1.165, 1.54) is 0 Å². The highest BCUT2D eigenvalue weighted by Crippen LogP contribution is 2.12. The van der Waals surface area contributed by atoms with Crippen LogP contribution in [0.2, 0.25) is 0 Å². The normalized spacial score (nSPS) is 10.7. The van der Waals surface area contributed by atoms with Crippen molar-refractivity contribution in [3.63, 3.8) is 0 Å². The first-order valence-electron chi connectivity index (χ1n) is 4.67. The predicted octanol–water partition coefficient (Wildman–Crippen LogP) is 1.50. The van der Waals surface area contributed by atoms with Gasteiger partial charge in [0.15, 0.2) is 0 Å². The summed E-state index contributed by atoms with van der Waals surface area (Å²) in [6.07, 6.45) is 4.45. The van der Waals surface area contributed by atoms with E-state index < -0.39 is 0 Å². The van der Waals surface area contributed by atoms with Crippen molar-refractivity contribution < 1.29 is 0 Å². The number of hydrogen-bond donors (Lipinski definition) is 0. The number of aryl methyl sites for hydroxylation is 2. The molecule has 72 valence electrons. The molecule has 0 N–H and O–H groups in total. The van der Waals surface area contributed by atoms with Crippen LogP contribution in [0.5, 0.6) is 0 Å². The zero-order chi connectivity index (χ0) is 10.1. The molecule has 0 atom stereocenters. The minimum atomic E-state index is -0.0298. The van der Waals surface area contributed by atoms with Crippen LogP contribution in [0.4, 0.5) is 0 Å². The van der Waals surface area contributed by atoms with Gasteiger partial charge in [0, 0.05) is 24.8 Å². The van der Waals surface area contributed by atoms with Crippen molar-refractivity contribution >= 4 is 10.9 Å². The molecule has 0 saturated carbocycles. The molecular weight excluding hydrogens is 176 g/mol. The molecule has 0 aromatic carbocycles. The number of nitrogens with zero attached hydrogens (tertiary/aromatic N) is 2. The predicted molar refractivity (Wildman–Crippen MR) is 56.4 cm³/mol. The lowest BCUT2D eigenvalue weighted by atomic mass is 10.1. The first-order valence-corrected chi connectivity index (χ1v) is 4.67. The molecule has 0 aliphatic heterocycles. The molecule has 0 amide bonds. The summed E-state index contributed by atoms with van der Waals surface area (Å²) in [7, 11) is 1.76. The number of pyridine rings is 2. The van der Waals surface area contributed by atoms with E-state index >= 15 is 0 Å². The largest absolute Gasteiger partial charge is 0.316 e. The van der Waals surface area contributed by atoms with Gasteiger partial charge in [-0.05, 0) is 18.1 Å². The van der Waals surface area contributed by atoms with Crippen molar-refractivity contribution in [3.8, 4) is 0 Å². The maximum absolute atomic E-state index is 11.7. The molecule has 0 aliphatic rings. The van der Waals surface area contributed by atoms with Crippen LogP contribution >= 0.6 is 0 Å². The Morgan fingerprint density at radius 2 is 2.29 bits per heavy atom. The van der Waals surface area contributed by atoms with Crippen LogP contribution in [0.3, 0.4) is 0 Å².